The molecule has 1 aromatic rings. The molecule has 1 aliphatic rings. The fraction of sp³-hybridized carbons (Fsp3) is 0.412. The molecule has 0 amide bonds. The van der Waals surface area contributed by atoms with Crippen LogP contribution in [0.2, 0.25) is 0 Å². The minimum Gasteiger partial charge on any atom is -0.512 e. The summed E-state index contributed by atoms with van der Waals surface area (Å²) in [5, 5.41) is 9.93. The van der Waals surface area contributed by atoms with Gasteiger partial charge in [0.1, 0.15) is 5.76 Å². The van der Waals surface area contributed by atoms with E-state index >= 15 is 0 Å². The topological polar surface area (TPSA) is 72.8 Å². The molecule has 0 aromatic heterocycles. The molecular weight excluding hydrogens is 341 g/mol. The molecule has 0 aliphatic heterocycles. The summed E-state index contributed by atoms with van der Waals surface area (Å²) in [6.45, 7) is 0. The van der Waals surface area contributed by atoms with Crippen molar-refractivity contribution in [3.63, 3.8) is 0 Å². The van der Waals surface area contributed by atoms with Crippen molar-refractivity contribution in [3.8, 4) is 0 Å². The van der Waals surface area contributed by atoms with Crippen LogP contribution in [-0.4, -0.2) is 31.3 Å². The summed E-state index contributed by atoms with van der Waals surface area (Å²) >= 11 is 0. The Labute approximate surface area is 142 Å². The number of benzene rings is 1. The van der Waals surface area contributed by atoms with Crippen molar-refractivity contribution >= 4 is 11.9 Å². The van der Waals surface area contributed by atoms with Crippen LogP contribution in [0.15, 0.2) is 35.6 Å². The Morgan fingerprint density at radius 1 is 1.12 bits per heavy atom. The number of carbonyl (C=O) groups is 2. The molecule has 0 spiro atoms. The highest BCUT2D eigenvalue weighted by Crippen LogP contribution is 2.43. The summed E-state index contributed by atoms with van der Waals surface area (Å²) in [6.07, 6.45) is -4.62. The molecule has 0 saturated carbocycles. The van der Waals surface area contributed by atoms with Crippen molar-refractivity contribution in [3.05, 3.63) is 46.7 Å². The Morgan fingerprint density at radius 3 is 2.20 bits per heavy atom. The number of allylic oxidation sites excluding steroid dienone is 1. The highest BCUT2D eigenvalue weighted by atomic mass is 19.4. The maximum atomic E-state index is 12.8. The lowest BCUT2D eigenvalue weighted by Crippen LogP contribution is -2.41. The van der Waals surface area contributed by atoms with E-state index in [-0.39, 0.29) is 36.2 Å². The maximum Gasteiger partial charge on any atom is 0.416 e. The lowest BCUT2D eigenvalue weighted by atomic mass is 9.68. The summed E-state index contributed by atoms with van der Waals surface area (Å²) in [5.41, 5.74) is -2.02. The number of halogens is 3. The van der Waals surface area contributed by atoms with Gasteiger partial charge in [-0.25, -0.2) is 4.79 Å². The second kappa shape index (κ2) is 6.78. The molecule has 0 radical (unpaired) electrons. The number of aliphatic hydroxyl groups excluding tert-OH is 1. The van der Waals surface area contributed by atoms with Gasteiger partial charge in [-0.2, -0.15) is 13.2 Å². The average molecular weight is 358 g/mol. The lowest BCUT2D eigenvalue weighted by molar-refractivity contribution is -0.148. The zero-order valence-electron chi connectivity index (χ0n) is 13.6. The third-order valence-electron chi connectivity index (χ3n) is 4.39. The van der Waals surface area contributed by atoms with Crippen LogP contribution < -0.4 is 0 Å². The number of methoxy groups -OCH3 is 2. The molecule has 136 valence electrons. The molecule has 25 heavy (non-hydrogen) atoms. The van der Waals surface area contributed by atoms with Crippen molar-refractivity contribution < 1.29 is 37.3 Å². The summed E-state index contributed by atoms with van der Waals surface area (Å²) < 4.78 is 47.7. The first-order valence-electron chi connectivity index (χ1n) is 7.41. The van der Waals surface area contributed by atoms with Crippen LogP contribution in [-0.2, 0) is 30.7 Å². The molecule has 1 atom stereocenters. The van der Waals surface area contributed by atoms with E-state index in [9.17, 15) is 27.9 Å². The Bertz CT molecular complexity index is 706. The van der Waals surface area contributed by atoms with Crippen molar-refractivity contribution in [2.45, 2.75) is 30.9 Å². The van der Waals surface area contributed by atoms with Crippen LogP contribution in [0, 0.1) is 0 Å². The Morgan fingerprint density at radius 2 is 1.72 bits per heavy atom. The number of ether oxygens (including phenoxy) is 2. The Kier molecular flexibility index (Phi) is 5.10. The fourth-order valence-corrected chi connectivity index (χ4v) is 3.00. The van der Waals surface area contributed by atoms with Gasteiger partial charge in [0.2, 0.25) is 0 Å². The van der Waals surface area contributed by atoms with Crippen LogP contribution in [0.5, 0.6) is 0 Å². The molecule has 1 N–H and O–H groups in total. The molecule has 1 aromatic carbocycles. The van der Waals surface area contributed by atoms with E-state index < -0.39 is 29.1 Å². The second-order valence-corrected chi connectivity index (χ2v) is 5.74. The van der Waals surface area contributed by atoms with Crippen LogP contribution in [0.1, 0.15) is 30.4 Å². The monoisotopic (exact) mass is 358 g/mol. The van der Waals surface area contributed by atoms with E-state index in [1.54, 1.807) is 0 Å². The van der Waals surface area contributed by atoms with Gasteiger partial charge in [-0.05, 0) is 24.1 Å². The van der Waals surface area contributed by atoms with E-state index in [2.05, 4.69) is 4.74 Å². The summed E-state index contributed by atoms with van der Waals surface area (Å²) in [5.74, 6) is -1.68. The predicted octanol–water partition coefficient (Wildman–Crippen LogP) is 3.29. The standard InChI is InChI=1S/C17H17F3O5/c1-24-14(22)12-9-16(15(23)25-2,8-7-13(12)21)10-3-5-11(6-4-10)17(18,19)20/h3-6,21H,7-9H2,1-2H3. The molecule has 0 fully saturated rings. The number of esters is 2. The van der Waals surface area contributed by atoms with Crippen molar-refractivity contribution in [1.82, 2.24) is 0 Å². The van der Waals surface area contributed by atoms with E-state index in [1.807, 2.05) is 0 Å². The zero-order chi connectivity index (χ0) is 18.8. The third kappa shape index (κ3) is 3.47. The minimum absolute atomic E-state index is 0.000551. The third-order valence-corrected chi connectivity index (χ3v) is 4.39. The number of aliphatic hydroxyl groups is 1. The molecule has 0 bridgehead atoms. The van der Waals surface area contributed by atoms with Gasteiger partial charge in [-0.1, -0.05) is 12.1 Å². The van der Waals surface area contributed by atoms with Gasteiger partial charge in [0.05, 0.1) is 30.8 Å². The smallest absolute Gasteiger partial charge is 0.416 e. The first kappa shape index (κ1) is 18.8. The van der Waals surface area contributed by atoms with E-state index in [0.29, 0.717) is 0 Å². The number of hydrogen-bond acceptors (Lipinski definition) is 5. The number of alkyl halides is 3. The molecule has 0 heterocycles. The molecule has 1 unspecified atom stereocenters. The van der Waals surface area contributed by atoms with Crippen LogP contribution >= 0.6 is 0 Å². The molecule has 0 saturated heterocycles. The molecular formula is C17H17F3O5. The predicted molar refractivity (Wildman–Crippen MR) is 80.7 cm³/mol. The molecule has 2 rings (SSSR count). The highest BCUT2D eigenvalue weighted by Gasteiger charge is 2.47. The van der Waals surface area contributed by atoms with Gasteiger partial charge in [-0.15, -0.1) is 0 Å². The van der Waals surface area contributed by atoms with Crippen molar-refractivity contribution in [2.24, 2.45) is 0 Å². The van der Waals surface area contributed by atoms with E-state index in [4.69, 9.17) is 4.74 Å². The summed E-state index contributed by atoms with van der Waals surface area (Å²) in [4.78, 5) is 24.3. The summed E-state index contributed by atoms with van der Waals surface area (Å²) in [6, 6.07) is 4.13. The second-order valence-electron chi connectivity index (χ2n) is 5.74. The minimum atomic E-state index is -4.50. The van der Waals surface area contributed by atoms with E-state index in [0.717, 1.165) is 26.4 Å². The number of rotatable bonds is 3. The Balaban J connectivity index is 2.50. The fourth-order valence-electron chi connectivity index (χ4n) is 3.00. The van der Waals surface area contributed by atoms with Gasteiger partial charge in [0, 0.05) is 12.8 Å². The van der Waals surface area contributed by atoms with Crippen molar-refractivity contribution in [2.75, 3.05) is 14.2 Å². The first-order valence-corrected chi connectivity index (χ1v) is 7.41. The van der Waals surface area contributed by atoms with Gasteiger partial charge < -0.3 is 14.6 Å². The van der Waals surface area contributed by atoms with Crippen LogP contribution in [0.3, 0.4) is 0 Å². The molecule has 8 heteroatoms. The number of carbonyl (C=O) groups excluding carboxylic acids is 2. The largest absolute Gasteiger partial charge is 0.512 e. The normalized spacial score (nSPS) is 21.0. The summed E-state index contributed by atoms with van der Waals surface area (Å²) in [7, 11) is 2.29. The van der Waals surface area contributed by atoms with Gasteiger partial charge >= 0.3 is 18.1 Å². The van der Waals surface area contributed by atoms with Gasteiger partial charge in [0.25, 0.3) is 0 Å². The highest BCUT2D eigenvalue weighted by molar-refractivity contribution is 5.93. The van der Waals surface area contributed by atoms with Gasteiger partial charge in [0.15, 0.2) is 0 Å². The van der Waals surface area contributed by atoms with E-state index in [1.165, 1.54) is 12.1 Å². The quantitative estimate of drug-likeness (QED) is 0.840. The maximum absolute atomic E-state index is 12.8. The average Bonchev–Trinajstić information content (AvgIpc) is 2.60. The zero-order valence-corrected chi connectivity index (χ0v) is 13.6. The molecule has 1 aliphatic carbocycles. The number of hydrogen-bond donors (Lipinski definition) is 1. The SMILES string of the molecule is COC(=O)C1=C(O)CCC(C(=O)OC)(c2ccc(C(F)(F)F)cc2)C1. The van der Waals surface area contributed by atoms with Gasteiger partial charge in [-0.3, -0.25) is 4.79 Å². The van der Waals surface area contributed by atoms with Crippen LogP contribution in [0.25, 0.3) is 0 Å². The van der Waals surface area contributed by atoms with Crippen LogP contribution in [0.4, 0.5) is 13.2 Å². The lowest BCUT2D eigenvalue weighted by Gasteiger charge is -2.35. The molecule has 5 nitrogen and oxygen atoms in total. The Hall–Kier alpha value is -2.51. The first-order chi connectivity index (χ1) is 11.7. The van der Waals surface area contributed by atoms with Crippen molar-refractivity contribution in [1.29, 1.82) is 0 Å².